The van der Waals surface area contributed by atoms with E-state index >= 15 is 0 Å². The van der Waals surface area contributed by atoms with Gasteiger partial charge in [-0.25, -0.2) is 0 Å². The molecule has 0 spiro atoms. The fourth-order valence-electron chi connectivity index (χ4n) is 4.09. The first-order chi connectivity index (χ1) is 12.0. The number of hydrogen-bond donors (Lipinski definition) is 0. The lowest BCUT2D eigenvalue weighted by molar-refractivity contribution is 0.0399. The lowest BCUT2D eigenvalue weighted by atomic mass is 9.64. The number of rotatable bonds is 5. The average molecular weight is 355 g/mol. The molecule has 1 unspecified atom stereocenters. The Balaban J connectivity index is 1.83. The standard InChI is InChI=1S/C22H28O2P/c1-17-14-15-20(22(2,3)18-10-6-4-7-11-18)21(16-17)24-25(23)19-12-8-5-9-13-19/h4-13,17,20-21H,14-16H2,1-3H3/q+1/t17-,20-,21-/m1/s1. The molecule has 3 heteroatoms. The zero-order chi connectivity index (χ0) is 17.9. The monoisotopic (exact) mass is 355 g/mol. The Labute approximate surface area is 152 Å². The van der Waals surface area contributed by atoms with Gasteiger partial charge in [0.15, 0.2) is 0 Å². The summed E-state index contributed by atoms with van der Waals surface area (Å²) in [6, 6.07) is 20.2. The first kappa shape index (κ1) is 18.3. The third-order valence-corrected chi connectivity index (χ3v) is 6.88. The third kappa shape index (κ3) is 4.19. The SMILES string of the molecule is C[C@@H]1CC[C@@H](C(C)(C)c2ccccc2)[C@H](O[P+](=O)c2ccccc2)C1. The molecule has 1 aliphatic carbocycles. The van der Waals surface area contributed by atoms with Gasteiger partial charge in [-0.2, -0.15) is 0 Å². The highest BCUT2D eigenvalue weighted by molar-refractivity contribution is 7.48. The summed E-state index contributed by atoms with van der Waals surface area (Å²) in [6.07, 6.45) is 3.34. The molecule has 1 saturated carbocycles. The molecule has 2 nitrogen and oxygen atoms in total. The van der Waals surface area contributed by atoms with Crippen LogP contribution in [0.25, 0.3) is 0 Å². The zero-order valence-corrected chi connectivity index (χ0v) is 16.3. The van der Waals surface area contributed by atoms with Crippen LogP contribution in [-0.4, -0.2) is 6.10 Å². The lowest BCUT2D eigenvalue weighted by Gasteiger charge is -2.42. The maximum atomic E-state index is 12.8. The summed E-state index contributed by atoms with van der Waals surface area (Å²) < 4.78 is 18.9. The Morgan fingerprint density at radius 2 is 1.56 bits per heavy atom. The normalized spacial score (nSPS) is 24.8. The number of benzene rings is 2. The smallest absolute Gasteiger partial charge is 0.138 e. The minimum absolute atomic E-state index is 0.00106. The van der Waals surface area contributed by atoms with E-state index in [4.69, 9.17) is 4.52 Å². The summed E-state index contributed by atoms with van der Waals surface area (Å²) in [7, 11) is -1.81. The van der Waals surface area contributed by atoms with Crippen molar-refractivity contribution in [2.45, 2.75) is 51.6 Å². The second-order valence-corrected chi connectivity index (χ2v) is 9.09. The molecule has 0 amide bonds. The molecule has 0 aromatic heterocycles. The molecule has 0 N–H and O–H groups in total. The molecule has 0 saturated heterocycles. The molecule has 2 aromatic rings. The van der Waals surface area contributed by atoms with Crippen molar-refractivity contribution in [3.8, 4) is 0 Å². The molecule has 1 fully saturated rings. The molecule has 0 aliphatic heterocycles. The van der Waals surface area contributed by atoms with E-state index in [2.05, 4.69) is 51.1 Å². The van der Waals surface area contributed by atoms with Gasteiger partial charge in [-0.05, 0) is 52.4 Å². The Kier molecular flexibility index (Phi) is 5.71. The van der Waals surface area contributed by atoms with Crippen LogP contribution >= 0.6 is 8.03 Å². The van der Waals surface area contributed by atoms with Crippen LogP contribution in [0.15, 0.2) is 60.7 Å². The molecule has 1 aliphatic rings. The van der Waals surface area contributed by atoms with E-state index in [1.54, 1.807) is 0 Å². The molecule has 0 radical (unpaired) electrons. The average Bonchev–Trinajstić information content (AvgIpc) is 2.63. The Morgan fingerprint density at radius 3 is 2.20 bits per heavy atom. The van der Waals surface area contributed by atoms with Crippen molar-refractivity contribution in [3.05, 3.63) is 66.2 Å². The number of hydrogen-bond acceptors (Lipinski definition) is 2. The summed E-state index contributed by atoms with van der Waals surface area (Å²) in [5.74, 6) is 0.987. The highest BCUT2D eigenvalue weighted by atomic mass is 31.1. The molecule has 4 atom stereocenters. The van der Waals surface area contributed by atoms with E-state index < -0.39 is 8.03 Å². The molecular weight excluding hydrogens is 327 g/mol. The maximum Gasteiger partial charge on any atom is 0.548 e. The molecule has 25 heavy (non-hydrogen) atoms. The van der Waals surface area contributed by atoms with E-state index in [0.717, 1.165) is 18.1 Å². The molecular formula is C22H28O2P+. The van der Waals surface area contributed by atoms with Crippen LogP contribution in [0.2, 0.25) is 0 Å². The molecule has 2 aromatic carbocycles. The highest BCUT2D eigenvalue weighted by Crippen LogP contribution is 2.46. The second-order valence-electron chi connectivity index (χ2n) is 7.85. The highest BCUT2D eigenvalue weighted by Gasteiger charge is 2.44. The summed E-state index contributed by atoms with van der Waals surface area (Å²) in [6.45, 7) is 6.88. The van der Waals surface area contributed by atoms with Crippen LogP contribution in [0.1, 0.15) is 45.6 Å². The predicted molar refractivity (Wildman–Crippen MR) is 105 cm³/mol. The van der Waals surface area contributed by atoms with Gasteiger partial charge >= 0.3 is 8.03 Å². The van der Waals surface area contributed by atoms with Crippen molar-refractivity contribution in [1.29, 1.82) is 0 Å². The summed E-state index contributed by atoms with van der Waals surface area (Å²) >= 11 is 0. The van der Waals surface area contributed by atoms with Crippen molar-refractivity contribution >= 4 is 13.3 Å². The van der Waals surface area contributed by atoms with E-state index in [-0.39, 0.29) is 11.5 Å². The van der Waals surface area contributed by atoms with E-state index in [0.29, 0.717) is 11.8 Å². The first-order valence-corrected chi connectivity index (χ1v) is 10.4. The molecule has 0 bridgehead atoms. The van der Waals surface area contributed by atoms with Crippen molar-refractivity contribution in [3.63, 3.8) is 0 Å². The van der Waals surface area contributed by atoms with Gasteiger partial charge in [0.1, 0.15) is 6.10 Å². The second kappa shape index (κ2) is 7.81. The molecule has 132 valence electrons. The van der Waals surface area contributed by atoms with E-state index in [9.17, 15) is 4.57 Å². The van der Waals surface area contributed by atoms with Crippen LogP contribution in [0.3, 0.4) is 0 Å². The fraction of sp³-hybridized carbons (Fsp3) is 0.455. The topological polar surface area (TPSA) is 26.3 Å². The van der Waals surface area contributed by atoms with Gasteiger partial charge < -0.3 is 0 Å². The van der Waals surface area contributed by atoms with Gasteiger partial charge in [0.2, 0.25) is 5.30 Å². The Morgan fingerprint density at radius 1 is 0.960 bits per heavy atom. The van der Waals surface area contributed by atoms with Crippen LogP contribution in [0.5, 0.6) is 0 Å². The minimum atomic E-state index is -1.81. The Bertz CT molecular complexity index is 696. The van der Waals surface area contributed by atoms with Crippen LogP contribution in [0, 0.1) is 11.8 Å². The van der Waals surface area contributed by atoms with Crippen molar-refractivity contribution in [2.24, 2.45) is 11.8 Å². The Hall–Kier alpha value is -1.50. The first-order valence-electron chi connectivity index (χ1n) is 9.23. The van der Waals surface area contributed by atoms with Gasteiger partial charge in [0.05, 0.1) is 0 Å². The molecule has 3 rings (SSSR count). The summed E-state index contributed by atoms with van der Waals surface area (Å²) in [5, 5.41) is 0.784. The van der Waals surface area contributed by atoms with Crippen LogP contribution < -0.4 is 5.30 Å². The predicted octanol–water partition coefficient (Wildman–Crippen LogP) is 5.85. The van der Waals surface area contributed by atoms with Crippen molar-refractivity contribution in [2.75, 3.05) is 0 Å². The van der Waals surface area contributed by atoms with Crippen LogP contribution in [-0.2, 0) is 14.5 Å². The van der Waals surface area contributed by atoms with Crippen LogP contribution in [0.4, 0.5) is 0 Å². The van der Waals surface area contributed by atoms with Gasteiger partial charge in [0, 0.05) is 0 Å². The summed E-state index contributed by atoms with van der Waals surface area (Å²) in [5.41, 5.74) is 1.33. The van der Waals surface area contributed by atoms with Gasteiger partial charge in [-0.3, -0.25) is 0 Å². The molecule has 0 heterocycles. The van der Waals surface area contributed by atoms with Gasteiger partial charge in [0.25, 0.3) is 0 Å². The lowest BCUT2D eigenvalue weighted by Crippen LogP contribution is -2.42. The van der Waals surface area contributed by atoms with E-state index in [1.165, 1.54) is 12.0 Å². The minimum Gasteiger partial charge on any atom is -0.138 e. The van der Waals surface area contributed by atoms with E-state index in [1.807, 2.05) is 30.3 Å². The van der Waals surface area contributed by atoms with Crippen molar-refractivity contribution in [1.82, 2.24) is 0 Å². The maximum absolute atomic E-state index is 12.8. The summed E-state index contributed by atoms with van der Waals surface area (Å²) in [4.78, 5) is 0. The van der Waals surface area contributed by atoms with Crippen molar-refractivity contribution < 1.29 is 9.09 Å². The third-order valence-electron chi connectivity index (χ3n) is 5.70. The largest absolute Gasteiger partial charge is 0.548 e. The zero-order valence-electron chi connectivity index (χ0n) is 15.4. The van der Waals surface area contributed by atoms with Gasteiger partial charge in [-0.1, -0.05) is 75.7 Å². The quantitative estimate of drug-likeness (QED) is 0.629. The van der Waals surface area contributed by atoms with Gasteiger partial charge in [-0.15, -0.1) is 4.52 Å². The fourth-order valence-corrected chi connectivity index (χ4v) is 5.10.